The van der Waals surface area contributed by atoms with E-state index in [0.29, 0.717) is 6.04 Å². The molecule has 1 aromatic rings. The normalized spacial score (nSPS) is 33.6. The lowest BCUT2D eigenvalue weighted by atomic mass is 9.82. The Morgan fingerprint density at radius 1 is 1.29 bits per heavy atom. The Morgan fingerprint density at radius 3 is 2.59 bits per heavy atom. The molecule has 2 bridgehead atoms. The Morgan fingerprint density at radius 2 is 2.00 bits per heavy atom. The summed E-state index contributed by atoms with van der Waals surface area (Å²) in [6, 6.07) is 2.14. The SMILES string of the molecule is Cc1nsc(NC2CC3CCCC(C2)N3C)n1. The Balaban J connectivity index is 1.66. The molecule has 5 heteroatoms. The standard InChI is InChI=1S/C12H20N4S/c1-8-13-12(17-15-8)14-9-6-10-4-3-5-11(7-9)16(10)2/h9-11H,3-7H2,1-2H3,(H,13,14,15). The van der Waals surface area contributed by atoms with Gasteiger partial charge < -0.3 is 10.2 Å². The van der Waals surface area contributed by atoms with Crippen LogP contribution in [0.1, 0.15) is 37.9 Å². The Hall–Kier alpha value is -0.680. The monoisotopic (exact) mass is 252 g/mol. The van der Waals surface area contributed by atoms with E-state index >= 15 is 0 Å². The molecule has 2 aliphatic rings. The Labute approximate surface area is 107 Å². The highest BCUT2D eigenvalue weighted by Crippen LogP contribution is 2.33. The molecule has 2 saturated heterocycles. The first-order valence-electron chi connectivity index (χ1n) is 6.51. The quantitative estimate of drug-likeness (QED) is 0.876. The van der Waals surface area contributed by atoms with E-state index in [-0.39, 0.29) is 0 Å². The molecule has 0 amide bonds. The van der Waals surface area contributed by atoms with Gasteiger partial charge >= 0.3 is 0 Å². The van der Waals surface area contributed by atoms with Gasteiger partial charge in [-0.15, -0.1) is 0 Å². The second-order valence-corrected chi connectivity index (χ2v) is 6.12. The summed E-state index contributed by atoms with van der Waals surface area (Å²) in [5.74, 6) is 0.880. The molecule has 1 N–H and O–H groups in total. The molecular formula is C12H20N4S. The minimum absolute atomic E-state index is 0.592. The molecule has 2 unspecified atom stereocenters. The van der Waals surface area contributed by atoms with Gasteiger partial charge in [0.1, 0.15) is 5.82 Å². The lowest BCUT2D eigenvalue weighted by molar-refractivity contribution is 0.0608. The van der Waals surface area contributed by atoms with E-state index in [2.05, 4.69) is 26.6 Å². The van der Waals surface area contributed by atoms with Crippen LogP contribution in [0.5, 0.6) is 0 Å². The van der Waals surface area contributed by atoms with Crippen molar-refractivity contribution >= 4 is 16.7 Å². The minimum atomic E-state index is 0.592. The van der Waals surface area contributed by atoms with Gasteiger partial charge in [0.2, 0.25) is 5.13 Å². The number of anilines is 1. The van der Waals surface area contributed by atoms with E-state index < -0.39 is 0 Å². The average molecular weight is 252 g/mol. The van der Waals surface area contributed by atoms with Crippen LogP contribution < -0.4 is 5.32 Å². The highest BCUT2D eigenvalue weighted by Gasteiger charge is 2.36. The molecular weight excluding hydrogens is 232 g/mol. The van der Waals surface area contributed by atoms with Gasteiger partial charge in [-0.1, -0.05) is 6.42 Å². The minimum Gasteiger partial charge on any atom is -0.357 e. The zero-order valence-electron chi connectivity index (χ0n) is 10.5. The summed E-state index contributed by atoms with van der Waals surface area (Å²) in [6.45, 7) is 1.95. The van der Waals surface area contributed by atoms with Gasteiger partial charge in [-0.2, -0.15) is 4.37 Å². The summed E-state index contributed by atoms with van der Waals surface area (Å²) in [6.07, 6.45) is 6.64. The number of nitrogens with zero attached hydrogens (tertiary/aromatic N) is 3. The number of piperidine rings is 2. The largest absolute Gasteiger partial charge is 0.357 e. The van der Waals surface area contributed by atoms with Crippen molar-refractivity contribution in [2.24, 2.45) is 0 Å². The molecule has 0 aromatic carbocycles. The molecule has 2 atom stereocenters. The van der Waals surface area contributed by atoms with Gasteiger partial charge in [0.15, 0.2) is 0 Å². The number of nitrogens with one attached hydrogen (secondary N) is 1. The molecule has 1 aromatic heterocycles. The highest BCUT2D eigenvalue weighted by atomic mass is 32.1. The van der Waals surface area contributed by atoms with Crippen LogP contribution in [0.3, 0.4) is 0 Å². The molecule has 4 nitrogen and oxygen atoms in total. The van der Waals surface area contributed by atoms with Crippen molar-refractivity contribution in [2.45, 2.75) is 57.2 Å². The maximum absolute atomic E-state index is 4.40. The average Bonchev–Trinajstić information content (AvgIpc) is 2.66. The van der Waals surface area contributed by atoms with Gasteiger partial charge in [-0.05, 0) is 39.7 Å². The molecule has 0 saturated carbocycles. The van der Waals surface area contributed by atoms with E-state index in [1.165, 1.54) is 43.6 Å². The van der Waals surface area contributed by atoms with Crippen LogP contribution in [0.25, 0.3) is 0 Å². The van der Waals surface area contributed by atoms with Crippen LogP contribution in [0.2, 0.25) is 0 Å². The summed E-state index contributed by atoms with van der Waals surface area (Å²) in [7, 11) is 2.29. The molecule has 17 heavy (non-hydrogen) atoms. The summed E-state index contributed by atoms with van der Waals surface area (Å²) in [4.78, 5) is 6.99. The molecule has 94 valence electrons. The molecule has 3 rings (SSSR count). The summed E-state index contributed by atoms with van der Waals surface area (Å²) in [5.41, 5.74) is 0. The first-order chi connectivity index (χ1) is 8.22. The van der Waals surface area contributed by atoms with Gasteiger partial charge in [-0.3, -0.25) is 0 Å². The van der Waals surface area contributed by atoms with Crippen molar-refractivity contribution in [3.05, 3.63) is 5.82 Å². The van der Waals surface area contributed by atoms with Crippen molar-refractivity contribution in [3.8, 4) is 0 Å². The number of aromatic nitrogens is 2. The number of rotatable bonds is 2. The predicted octanol–water partition coefficient (Wildman–Crippen LogP) is 2.27. The van der Waals surface area contributed by atoms with Crippen molar-refractivity contribution in [2.75, 3.05) is 12.4 Å². The van der Waals surface area contributed by atoms with Gasteiger partial charge in [0.25, 0.3) is 0 Å². The van der Waals surface area contributed by atoms with Crippen molar-refractivity contribution in [1.29, 1.82) is 0 Å². The molecule has 3 heterocycles. The van der Waals surface area contributed by atoms with Crippen LogP contribution in [-0.2, 0) is 0 Å². The van der Waals surface area contributed by atoms with Gasteiger partial charge in [0.05, 0.1) is 0 Å². The van der Waals surface area contributed by atoms with Crippen molar-refractivity contribution in [1.82, 2.24) is 14.3 Å². The lowest BCUT2D eigenvalue weighted by Gasteiger charge is -2.47. The summed E-state index contributed by atoms with van der Waals surface area (Å²) in [5, 5.41) is 4.56. The Bertz CT molecular complexity index is 378. The van der Waals surface area contributed by atoms with Crippen LogP contribution in [-0.4, -0.2) is 39.4 Å². The lowest BCUT2D eigenvalue weighted by Crippen LogP contribution is -2.52. The van der Waals surface area contributed by atoms with Crippen LogP contribution in [0, 0.1) is 6.92 Å². The maximum Gasteiger partial charge on any atom is 0.202 e. The number of hydrogen-bond acceptors (Lipinski definition) is 5. The van der Waals surface area contributed by atoms with Crippen LogP contribution in [0.15, 0.2) is 0 Å². The topological polar surface area (TPSA) is 41.1 Å². The van der Waals surface area contributed by atoms with E-state index in [0.717, 1.165) is 23.0 Å². The third-order valence-electron chi connectivity index (χ3n) is 4.19. The van der Waals surface area contributed by atoms with Gasteiger partial charge in [0, 0.05) is 29.7 Å². The van der Waals surface area contributed by atoms with Crippen LogP contribution in [0.4, 0.5) is 5.13 Å². The third-order valence-corrected chi connectivity index (χ3v) is 4.93. The molecule has 0 aliphatic carbocycles. The van der Waals surface area contributed by atoms with E-state index in [4.69, 9.17) is 0 Å². The van der Waals surface area contributed by atoms with Crippen LogP contribution >= 0.6 is 11.5 Å². The smallest absolute Gasteiger partial charge is 0.202 e. The number of aryl methyl sites for hydroxylation is 1. The fourth-order valence-corrected chi connectivity index (χ4v) is 3.92. The highest BCUT2D eigenvalue weighted by molar-refractivity contribution is 7.09. The second-order valence-electron chi connectivity index (χ2n) is 5.36. The second kappa shape index (κ2) is 4.53. The molecule has 0 spiro atoms. The molecule has 0 radical (unpaired) electrons. The Kier molecular flexibility index (Phi) is 3.04. The predicted molar refractivity (Wildman–Crippen MR) is 70.5 cm³/mol. The first-order valence-corrected chi connectivity index (χ1v) is 7.28. The van der Waals surface area contributed by atoms with Crippen molar-refractivity contribution < 1.29 is 0 Å². The fraction of sp³-hybridized carbons (Fsp3) is 0.833. The maximum atomic E-state index is 4.40. The first kappa shape index (κ1) is 11.4. The summed E-state index contributed by atoms with van der Waals surface area (Å²) < 4.78 is 4.23. The third kappa shape index (κ3) is 2.31. The van der Waals surface area contributed by atoms with E-state index in [1.807, 2.05) is 6.92 Å². The molecule has 2 aliphatic heterocycles. The number of hydrogen-bond donors (Lipinski definition) is 1. The summed E-state index contributed by atoms with van der Waals surface area (Å²) >= 11 is 1.49. The van der Waals surface area contributed by atoms with E-state index in [9.17, 15) is 0 Å². The van der Waals surface area contributed by atoms with Crippen molar-refractivity contribution in [3.63, 3.8) is 0 Å². The fourth-order valence-electron chi connectivity index (χ4n) is 3.26. The zero-order valence-corrected chi connectivity index (χ0v) is 11.3. The van der Waals surface area contributed by atoms with Gasteiger partial charge in [-0.25, -0.2) is 4.98 Å². The van der Waals surface area contributed by atoms with E-state index in [1.54, 1.807) is 0 Å². The molecule has 2 fully saturated rings. The number of fused-ring (bicyclic) bond motifs is 2. The zero-order chi connectivity index (χ0) is 11.8.